The summed E-state index contributed by atoms with van der Waals surface area (Å²) in [6, 6.07) is 0.210. The Morgan fingerprint density at radius 2 is 2.30 bits per heavy atom. The van der Waals surface area contributed by atoms with Gasteiger partial charge in [-0.2, -0.15) is 4.98 Å². The zero-order chi connectivity index (χ0) is 14.1. The Labute approximate surface area is 121 Å². The van der Waals surface area contributed by atoms with Gasteiger partial charge in [0, 0.05) is 19.1 Å². The van der Waals surface area contributed by atoms with Crippen LogP contribution in [0, 0.1) is 0 Å². The molecule has 1 aliphatic rings. The van der Waals surface area contributed by atoms with Gasteiger partial charge in [-0.15, -0.1) is 10.2 Å². The first-order valence-corrected chi connectivity index (χ1v) is 7.68. The number of hydrogen-bond acceptors (Lipinski definition) is 7. The van der Waals surface area contributed by atoms with Crippen LogP contribution in [0.4, 0.5) is 5.95 Å². The molecule has 1 fully saturated rings. The molecule has 0 spiro atoms. The molecule has 20 heavy (non-hydrogen) atoms. The summed E-state index contributed by atoms with van der Waals surface area (Å²) in [5, 5.41) is 11.5. The van der Waals surface area contributed by atoms with E-state index in [1.54, 1.807) is 0 Å². The van der Waals surface area contributed by atoms with Crippen LogP contribution in [-0.2, 0) is 0 Å². The predicted molar refractivity (Wildman–Crippen MR) is 78.8 cm³/mol. The molecule has 3 rings (SSSR count). The third kappa shape index (κ3) is 2.53. The molecule has 3 heterocycles. The van der Waals surface area contributed by atoms with Crippen LogP contribution in [0.25, 0.3) is 10.7 Å². The fourth-order valence-electron chi connectivity index (χ4n) is 2.43. The van der Waals surface area contributed by atoms with Crippen molar-refractivity contribution in [1.29, 1.82) is 0 Å². The van der Waals surface area contributed by atoms with E-state index in [1.807, 2.05) is 0 Å². The second-order valence-corrected chi connectivity index (χ2v) is 6.23. The number of aromatic nitrogens is 5. The average Bonchev–Trinajstić information content (AvgIpc) is 3.07. The smallest absolute Gasteiger partial charge is 0.245 e. The predicted octanol–water partition coefficient (Wildman–Crippen LogP) is 1.37. The molecule has 2 aromatic rings. The van der Waals surface area contributed by atoms with Crippen molar-refractivity contribution in [2.45, 2.75) is 38.6 Å². The number of hydrogen-bond donors (Lipinski definition) is 2. The van der Waals surface area contributed by atoms with Crippen LogP contribution in [0.3, 0.4) is 0 Å². The molecule has 0 saturated carbocycles. The summed E-state index contributed by atoms with van der Waals surface area (Å²) >= 11 is 1.35. The molecule has 0 aromatic carbocycles. The van der Waals surface area contributed by atoms with Crippen molar-refractivity contribution >= 4 is 17.5 Å². The lowest BCUT2D eigenvalue weighted by Gasteiger charge is -2.29. The maximum absolute atomic E-state index is 6.00. The van der Waals surface area contributed by atoms with Crippen LogP contribution in [-0.4, -0.2) is 43.9 Å². The second-order valence-electron chi connectivity index (χ2n) is 5.47. The van der Waals surface area contributed by atoms with E-state index >= 15 is 0 Å². The first kappa shape index (κ1) is 13.4. The van der Waals surface area contributed by atoms with Crippen LogP contribution in [0.2, 0.25) is 0 Å². The molecule has 0 amide bonds. The molecule has 0 aliphatic carbocycles. The lowest BCUT2D eigenvalue weighted by atomic mass is 10.1. The minimum Gasteiger partial charge on any atom is -0.338 e. The summed E-state index contributed by atoms with van der Waals surface area (Å²) in [7, 11) is 0. The highest BCUT2D eigenvalue weighted by Crippen LogP contribution is 2.29. The van der Waals surface area contributed by atoms with Crippen LogP contribution < -0.4 is 10.6 Å². The van der Waals surface area contributed by atoms with Gasteiger partial charge in [-0.25, -0.2) is 0 Å². The van der Waals surface area contributed by atoms with Gasteiger partial charge in [-0.1, -0.05) is 18.3 Å². The number of anilines is 1. The Kier molecular flexibility index (Phi) is 3.66. The normalized spacial score (nSPS) is 19.8. The third-order valence-electron chi connectivity index (χ3n) is 3.49. The van der Waals surface area contributed by atoms with Crippen molar-refractivity contribution in [3.8, 4) is 10.7 Å². The van der Waals surface area contributed by atoms with E-state index in [2.05, 4.69) is 43.5 Å². The third-order valence-corrected chi connectivity index (χ3v) is 4.24. The Balaban J connectivity index is 1.84. The molecule has 0 bridgehead atoms. The van der Waals surface area contributed by atoms with Crippen molar-refractivity contribution in [3.05, 3.63) is 5.69 Å². The summed E-state index contributed by atoms with van der Waals surface area (Å²) in [6.45, 7) is 5.97. The van der Waals surface area contributed by atoms with E-state index in [0.717, 1.165) is 48.3 Å². The van der Waals surface area contributed by atoms with Gasteiger partial charge in [0.15, 0.2) is 5.82 Å². The Morgan fingerprint density at radius 1 is 1.45 bits per heavy atom. The van der Waals surface area contributed by atoms with Gasteiger partial charge in [0.2, 0.25) is 5.95 Å². The zero-order valence-corrected chi connectivity index (χ0v) is 12.5. The summed E-state index contributed by atoms with van der Waals surface area (Å²) in [5.74, 6) is 1.79. The van der Waals surface area contributed by atoms with E-state index in [0.29, 0.717) is 5.92 Å². The van der Waals surface area contributed by atoms with Gasteiger partial charge >= 0.3 is 0 Å². The SMILES string of the molecule is CC(C)c1nnsc1-c1nc(N2CCCC(N)C2)n[nH]1. The van der Waals surface area contributed by atoms with Gasteiger partial charge in [0.25, 0.3) is 0 Å². The molecule has 8 heteroatoms. The molecule has 1 saturated heterocycles. The van der Waals surface area contributed by atoms with E-state index < -0.39 is 0 Å². The number of nitrogens with one attached hydrogen (secondary N) is 1. The molecular formula is C12H19N7S. The summed E-state index contributed by atoms with van der Waals surface area (Å²) in [5.41, 5.74) is 6.97. The Morgan fingerprint density at radius 3 is 3.05 bits per heavy atom. The van der Waals surface area contributed by atoms with Crippen LogP contribution in [0.15, 0.2) is 0 Å². The lowest BCUT2D eigenvalue weighted by Crippen LogP contribution is -2.43. The maximum Gasteiger partial charge on any atom is 0.245 e. The van der Waals surface area contributed by atoms with Crippen molar-refractivity contribution in [3.63, 3.8) is 0 Å². The van der Waals surface area contributed by atoms with Crippen LogP contribution in [0.1, 0.15) is 38.3 Å². The summed E-state index contributed by atoms with van der Waals surface area (Å²) in [4.78, 5) is 7.70. The number of aromatic amines is 1. The average molecular weight is 293 g/mol. The maximum atomic E-state index is 6.00. The molecule has 0 radical (unpaired) electrons. The first-order valence-electron chi connectivity index (χ1n) is 6.90. The highest BCUT2D eigenvalue weighted by molar-refractivity contribution is 7.09. The minimum atomic E-state index is 0.210. The molecule has 108 valence electrons. The molecule has 1 atom stereocenters. The topological polar surface area (TPSA) is 96.6 Å². The van der Waals surface area contributed by atoms with E-state index in [9.17, 15) is 0 Å². The Hall–Kier alpha value is -1.54. The standard InChI is InChI=1S/C12H19N7S/c1-7(2)9-10(20-18-15-9)11-14-12(17-16-11)19-5-3-4-8(13)6-19/h7-8H,3-6,13H2,1-2H3,(H,14,16,17). The van der Waals surface area contributed by atoms with Gasteiger partial charge in [-0.3, -0.25) is 5.10 Å². The largest absolute Gasteiger partial charge is 0.338 e. The van der Waals surface area contributed by atoms with Crippen molar-refractivity contribution in [2.75, 3.05) is 18.0 Å². The van der Waals surface area contributed by atoms with E-state index in [-0.39, 0.29) is 6.04 Å². The molecule has 1 unspecified atom stereocenters. The van der Waals surface area contributed by atoms with Crippen molar-refractivity contribution < 1.29 is 0 Å². The minimum absolute atomic E-state index is 0.210. The highest BCUT2D eigenvalue weighted by Gasteiger charge is 2.22. The first-order chi connectivity index (χ1) is 9.65. The number of rotatable bonds is 3. The van der Waals surface area contributed by atoms with Gasteiger partial charge in [-0.05, 0) is 30.3 Å². The molecular weight excluding hydrogens is 274 g/mol. The fraction of sp³-hybridized carbons (Fsp3) is 0.667. The highest BCUT2D eigenvalue weighted by atomic mass is 32.1. The zero-order valence-electron chi connectivity index (χ0n) is 11.7. The van der Waals surface area contributed by atoms with Gasteiger partial charge in [0.1, 0.15) is 4.88 Å². The number of H-pyrrole nitrogens is 1. The molecule has 2 aromatic heterocycles. The monoisotopic (exact) mass is 293 g/mol. The second kappa shape index (κ2) is 5.45. The van der Waals surface area contributed by atoms with Crippen LogP contribution in [0.5, 0.6) is 0 Å². The van der Waals surface area contributed by atoms with E-state index in [4.69, 9.17) is 5.73 Å². The molecule has 3 N–H and O–H groups in total. The summed E-state index contributed by atoms with van der Waals surface area (Å²) < 4.78 is 4.02. The lowest BCUT2D eigenvalue weighted by molar-refractivity contribution is 0.500. The van der Waals surface area contributed by atoms with Crippen LogP contribution >= 0.6 is 11.5 Å². The van der Waals surface area contributed by atoms with Crippen molar-refractivity contribution in [2.24, 2.45) is 5.73 Å². The molecule has 7 nitrogen and oxygen atoms in total. The number of nitrogens with two attached hydrogens (primary N) is 1. The van der Waals surface area contributed by atoms with Crippen molar-refractivity contribution in [1.82, 2.24) is 24.8 Å². The number of piperidine rings is 1. The Bertz CT molecular complexity index is 576. The van der Waals surface area contributed by atoms with Gasteiger partial charge < -0.3 is 10.6 Å². The van der Waals surface area contributed by atoms with E-state index in [1.165, 1.54) is 11.5 Å². The molecule has 1 aliphatic heterocycles. The summed E-state index contributed by atoms with van der Waals surface area (Å²) in [6.07, 6.45) is 2.16. The fourth-order valence-corrected chi connectivity index (χ4v) is 3.19. The van der Waals surface area contributed by atoms with Gasteiger partial charge in [0.05, 0.1) is 5.69 Å². The number of nitrogens with zero attached hydrogens (tertiary/aromatic N) is 5. The quantitative estimate of drug-likeness (QED) is 0.887.